The molecule has 2 amide bonds. The smallest absolute Gasteiger partial charge is 0.249 e. The van der Waals surface area contributed by atoms with E-state index in [0.29, 0.717) is 16.9 Å². The second kappa shape index (κ2) is 7.64. The van der Waals surface area contributed by atoms with Crippen LogP contribution < -0.4 is 11.1 Å². The minimum absolute atomic E-state index is 0.0560. The second-order valence-electron chi connectivity index (χ2n) is 5.28. The summed E-state index contributed by atoms with van der Waals surface area (Å²) < 4.78 is 19.9. The average Bonchev–Trinajstić information content (AvgIpc) is 2.98. The van der Waals surface area contributed by atoms with Crippen molar-refractivity contribution in [1.29, 1.82) is 0 Å². The summed E-state index contributed by atoms with van der Waals surface area (Å²) in [4.78, 5) is 22.8. The van der Waals surface area contributed by atoms with Crippen LogP contribution in [0.25, 0.3) is 0 Å². The van der Waals surface area contributed by atoms with Crippen LogP contribution in [0.2, 0.25) is 0 Å². The zero-order valence-electron chi connectivity index (χ0n) is 13.3. The van der Waals surface area contributed by atoms with Gasteiger partial charge in [0.1, 0.15) is 24.2 Å². The van der Waals surface area contributed by atoms with E-state index in [1.165, 1.54) is 16.9 Å². The molecule has 0 saturated carbocycles. The van der Waals surface area contributed by atoms with E-state index in [-0.39, 0.29) is 19.1 Å². The van der Waals surface area contributed by atoms with Gasteiger partial charge >= 0.3 is 0 Å². The molecule has 1 unspecified atom stereocenters. The van der Waals surface area contributed by atoms with Crippen LogP contribution in [0.15, 0.2) is 24.4 Å². The lowest BCUT2D eigenvalue weighted by atomic mass is 10.2. The molecule has 0 aliphatic heterocycles. The predicted molar refractivity (Wildman–Crippen MR) is 83.4 cm³/mol. The monoisotopic (exact) mass is 335 g/mol. The van der Waals surface area contributed by atoms with Gasteiger partial charge in [0.25, 0.3) is 0 Å². The van der Waals surface area contributed by atoms with Crippen LogP contribution >= 0.6 is 0 Å². The van der Waals surface area contributed by atoms with E-state index in [0.717, 1.165) is 0 Å². The first-order chi connectivity index (χ1) is 11.4. The first-order valence-corrected chi connectivity index (χ1v) is 7.20. The molecule has 3 N–H and O–H groups in total. The van der Waals surface area contributed by atoms with Gasteiger partial charge in [0, 0.05) is 5.69 Å². The Morgan fingerprint density at radius 1 is 1.46 bits per heavy atom. The van der Waals surface area contributed by atoms with E-state index >= 15 is 0 Å². The largest absolute Gasteiger partial charge is 0.368 e. The van der Waals surface area contributed by atoms with Gasteiger partial charge in [0.2, 0.25) is 11.8 Å². The van der Waals surface area contributed by atoms with Gasteiger partial charge in [0.15, 0.2) is 0 Å². The average molecular weight is 335 g/mol. The maximum atomic E-state index is 13.5. The van der Waals surface area contributed by atoms with Crippen LogP contribution in [0.3, 0.4) is 0 Å². The molecule has 0 radical (unpaired) electrons. The number of amides is 2. The molecule has 1 aromatic heterocycles. The summed E-state index contributed by atoms with van der Waals surface area (Å²) in [5.74, 6) is -1.34. The number of nitrogens with one attached hydrogen (secondary N) is 1. The number of aryl methyl sites for hydroxylation is 1. The van der Waals surface area contributed by atoms with Crippen LogP contribution in [0.4, 0.5) is 10.1 Å². The van der Waals surface area contributed by atoms with E-state index < -0.39 is 17.8 Å². The Hall–Kier alpha value is -2.81. The maximum Gasteiger partial charge on any atom is 0.249 e. The summed E-state index contributed by atoms with van der Waals surface area (Å²) in [5.41, 5.74) is 6.27. The third-order valence-electron chi connectivity index (χ3n) is 3.27. The topological polar surface area (TPSA) is 112 Å². The van der Waals surface area contributed by atoms with Crippen molar-refractivity contribution in [2.75, 3.05) is 11.9 Å². The van der Waals surface area contributed by atoms with E-state index in [2.05, 4.69) is 15.6 Å². The number of carbonyl (C=O) groups excluding carboxylic acids is 2. The van der Waals surface area contributed by atoms with Gasteiger partial charge in [-0.05, 0) is 31.5 Å². The van der Waals surface area contributed by atoms with Crippen molar-refractivity contribution in [1.82, 2.24) is 15.0 Å². The molecule has 2 rings (SSSR count). The molecule has 0 saturated heterocycles. The number of halogens is 1. The highest BCUT2D eigenvalue weighted by molar-refractivity contribution is 5.93. The van der Waals surface area contributed by atoms with Crippen LogP contribution in [0.1, 0.15) is 24.2 Å². The lowest BCUT2D eigenvalue weighted by molar-refractivity contribution is -0.123. The summed E-state index contributed by atoms with van der Waals surface area (Å²) in [6.07, 6.45) is 1.53. The minimum Gasteiger partial charge on any atom is -0.368 e. The third kappa shape index (κ3) is 4.59. The molecule has 0 aliphatic rings. The van der Waals surface area contributed by atoms with Crippen molar-refractivity contribution < 1.29 is 18.7 Å². The number of anilines is 1. The van der Waals surface area contributed by atoms with Crippen molar-refractivity contribution in [2.24, 2.45) is 5.73 Å². The summed E-state index contributed by atoms with van der Waals surface area (Å²) in [7, 11) is 0. The zero-order chi connectivity index (χ0) is 17.7. The Labute approximate surface area is 137 Å². The number of benzene rings is 1. The molecular formula is C15H18FN5O3. The van der Waals surface area contributed by atoms with Crippen LogP contribution in [0, 0.1) is 12.7 Å². The van der Waals surface area contributed by atoms with Crippen LogP contribution in [0.5, 0.6) is 0 Å². The molecule has 0 aliphatic carbocycles. The van der Waals surface area contributed by atoms with Crippen molar-refractivity contribution in [3.63, 3.8) is 0 Å². The first kappa shape index (κ1) is 17.5. The van der Waals surface area contributed by atoms with Gasteiger partial charge in [-0.25, -0.2) is 9.07 Å². The standard InChI is InChI=1S/C15H18FN5O3/c1-9-3-4-11(5-13(9)16)18-15(23)10(2)21-6-12(19-20-21)7-24-8-14(17)22/h3-6,10H,7-8H2,1-2H3,(H2,17,22)(H,18,23). The van der Waals surface area contributed by atoms with E-state index in [1.807, 2.05) is 0 Å². The first-order valence-electron chi connectivity index (χ1n) is 7.20. The van der Waals surface area contributed by atoms with Gasteiger partial charge in [0.05, 0.1) is 12.8 Å². The van der Waals surface area contributed by atoms with Gasteiger partial charge in [-0.1, -0.05) is 11.3 Å². The van der Waals surface area contributed by atoms with E-state index in [1.54, 1.807) is 26.0 Å². The highest BCUT2D eigenvalue weighted by Crippen LogP contribution is 2.15. The molecular weight excluding hydrogens is 317 g/mol. The number of carbonyl (C=O) groups is 2. The number of hydrogen-bond acceptors (Lipinski definition) is 5. The van der Waals surface area contributed by atoms with E-state index in [4.69, 9.17) is 10.5 Å². The van der Waals surface area contributed by atoms with Gasteiger partial charge < -0.3 is 15.8 Å². The number of aromatic nitrogens is 3. The molecule has 8 nitrogen and oxygen atoms in total. The Balaban J connectivity index is 1.96. The number of ether oxygens (including phenoxy) is 1. The number of nitrogens with zero attached hydrogens (tertiary/aromatic N) is 3. The van der Waals surface area contributed by atoms with Gasteiger partial charge in [-0.3, -0.25) is 9.59 Å². The molecule has 0 bridgehead atoms. The van der Waals surface area contributed by atoms with Crippen molar-refractivity contribution in [2.45, 2.75) is 26.5 Å². The molecule has 0 fully saturated rings. The molecule has 1 atom stereocenters. The Morgan fingerprint density at radius 3 is 2.88 bits per heavy atom. The molecule has 128 valence electrons. The van der Waals surface area contributed by atoms with Crippen molar-refractivity contribution >= 4 is 17.5 Å². The van der Waals surface area contributed by atoms with Crippen molar-refractivity contribution in [3.05, 3.63) is 41.5 Å². The summed E-state index contributed by atoms with van der Waals surface area (Å²) in [6, 6.07) is 3.80. The quantitative estimate of drug-likeness (QED) is 0.781. The lowest BCUT2D eigenvalue weighted by Crippen LogP contribution is -2.24. The zero-order valence-corrected chi connectivity index (χ0v) is 13.3. The highest BCUT2D eigenvalue weighted by Gasteiger charge is 2.17. The van der Waals surface area contributed by atoms with Crippen LogP contribution in [-0.2, 0) is 20.9 Å². The molecule has 1 aromatic carbocycles. The normalized spacial score (nSPS) is 12.0. The van der Waals surface area contributed by atoms with Crippen molar-refractivity contribution in [3.8, 4) is 0 Å². The maximum absolute atomic E-state index is 13.5. The number of primary amides is 1. The fraction of sp³-hybridized carbons (Fsp3) is 0.333. The summed E-state index contributed by atoms with van der Waals surface area (Å²) in [5, 5.41) is 10.3. The Bertz CT molecular complexity index is 746. The highest BCUT2D eigenvalue weighted by atomic mass is 19.1. The number of rotatable bonds is 7. The minimum atomic E-state index is -0.660. The Morgan fingerprint density at radius 2 is 2.21 bits per heavy atom. The van der Waals surface area contributed by atoms with Gasteiger partial charge in [-0.15, -0.1) is 5.10 Å². The second-order valence-corrected chi connectivity index (χ2v) is 5.28. The van der Waals surface area contributed by atoms with Gasteiger partial charge in [-0.2, -0.15) is 0 Å². The number of hydrogen-bond donors (Lipinski definition) is 2. The molecule has 9 heteroatoms. The molecule has 2 aromatic rings. The lowest BCUT2D eigenvalue weighted by Gasteiger charge is -2.12. The molecule has 1 heterocycles. The molecule has 24 heavy (non-hydrogen) atoms. The SMILES string of the molecule is Cc1ccc(NC(=O)C(C)n2cc(COCC(N)=O)nn2)cc1F. The Kier molecular flexibility index (Phi) is 5.59. The third-order valence-corrected chi connectivity index (χ3v) is 3.27. The summed E-state index contributed by atoms with van der Waals surface area (Å²) >= 11 is 0. The predicted octanol–water partition coefficient (Wildman–Crippen LogP) is 0.927. The van der Waals surface area contributed by atoms with Crippen LogP contribution in [-0.4, -0.2) is 33.4 Å². The van der Waals surface area contributed by atoms with E-state index in [9.17, 15) is 14.0 Å². The number of nitrogens with two attached hydrogens (primary N) is 1. The summed E-state index contributed by atoms with van der Waals surface area (Å²) in [6.45, 7) is 3.10. The molecule has 0 spiro atoms. The fourth-order valence-electron chi connectivity index (χ4n) is 1.86. The fourth-order valence-corrected chi connectivity index (χ4v) is 1.86.